The van der Waals surface area contributed by atoms with Crippen LogP contribution < -0.4 is 4.74 Å². The molecule has 0 amide bonds. The normalized spacial score (nSPS) is 10.8. The third kappa shape index (κ3) is 8.80. The summed E-state index contributed by atoms with van der Waals surface area (Å²) in [6.07, 6.45) is 14.3. The molecule has 0 aliphatic heterocycles. The lowest BCUT2D eigenvalue weighted by atomic mass is 10.0. The Hall–Kier alpha value is -0.980. The van der Waals surface area contributed by atoms with Crippen LogP contribution in [0, 0.1) is 6.07 Å². The third-order valence-corrected chi connectivity index (χ3v) is 3.97. The van der Waals surface area contributed by atoms with Gasteiger partial charge in [-0.15, -0.1) is 0 Å². The Kier molecular flexibility index (Phi) is 11.0. The maximum atomic E-state index is 5.95. The molecule has 0 heterocycles. The summed E-state index contributed by atoms with van der Waals surface area (Å²) in [5.41, 5.74) is 1.36. The van der Waals surface area contributed by atoms with Gasteiger partial charge in [0, 0.05) is 0 Å². The molecule has 1 aromatic rings. The molecule has 0 bridgehead atoms. The molecule has 119 valence electrons. The van der Waals surface area contributed by atoms with Gasteiger partial charge in [-0.05, 0) is 37.0 Å². The van der Waals surface area contributed by atoms with Gasteiger partial charge < -0.3 is 4.74 Å². The Labute approximate surface area is 132 Å². The monoisotopic (exact) mass is 289 g/mol. The molecule has 0 saturated carbocycles. The average Bonchev–Trinajstić information content (AvgIpc) is 2.52. The number of hydrogen-bond donors (Lipinski definition) is 0. The first-order chi connectivity index (χ1) is 10.4. The third-order valence-electron chi connectivity index (χ3n) is 3.97. The molecule has 0 fully saturated rings. The number of hydrogen-bond acceptors (Lipinski definition) is 1. The van der Waals surface area contributed by atoms with E-state index in [2.05, 4.69) is 26.0 Å². The second-order valence-corrected chi connectivity index (χ2v) is 5.96. The van der Waals surface area contributed by atoms with Crippen molar-refractivity contribution in [3.8, 4) is 5.75 Å². The van der Waals surface area contributed by atoms with Crippen LogP contribution in [0.2, 0.25) is 0 Å². The van der Waals surface area contributed by atoms with Gasteiger partial charge in [-0.2, -0.15) is 0 Å². The molecule has 0 aliphatic rings. The summed E-state index contributed by atoms with van der Waals surface area (Å²) < 4.78 is 5.95. The van der Waals surface area contributed by atoms with Crippen LogP contribution in [-0.4, -0.2) is 6.61 Å². The van der Waals surface area contributed by atoms with E-state index in [1.54, 1.807) is 0 Å². The van der Waals surface area contributed by atoms with Crippen LogP contribution in [0.5, 0.6) is 5.75 Å². The lowest BCUT2D eigenvalue weighted by Crippen LogP contribution is -2.00. The molecule has 0 spiro atoms. The zero-order chi connectivity index (χ0) is 15.2. The molecule has 1 heteroatoms. The Morgan fingerprint density at radius 3 is 2.29 bits per heavy atom. The van der Waals surface area contributed by atoms with E-state index in [9.17, 15) is 0 Å². The molecular weight excluding hydrogens is 256 g/mol. The van der Waals surface area contributed by atoms with Crippen molar-refractivity contribution < 1.29 is 4.74 Å². The van der Waals surface area contributed by atoms with Crippen LogP contribution in [0.25, 0.3) is 0 Å². The van der Waals surface area contributed by atoms with Gasteiger partial charge in [-0.1, -0.05) is 77.3 Å². The number of benzene rings is 1. The van der Waals surface area contributed by atoms with Gasteiger partial charge in [0.1, 0.15) is 5.75 Å². The highest BCUT2D eigenvalue weighted by atomic mass is 16.5. The molecule has 0 N–H and O–H groups in total. The van der Waals surface area contributed by atoms with Gasteiger partial charge in [0.15, 0.2) is 0 Å². The Morgan fingerprint density at radius 2 is 1.52 bits per heavy atom. The summed E-state index contributed by atoms with van der Waals surface area (Å²) in [6.45, 7) is 5.36. The second kappa shape index (κ2) is 12.7. The zero-order valence-electron chi connectivity index (χ0n) is 14.1. The molecule has 0 unspecified atom stereocenters. The second-order valence-electron chi connectivity index (χ2n) is 5.96. The Balaban J connectivity index is 2.23. The molecule has 0 aromatic heterocycles. The average molecular weight is 289 g/mol. The summed E-state index contributed by atoms with van der Waals surface area (Å²) in [5, 5.41) is 0. The van der Waals surface area contributed by atoms with Crippen LogP contribution in [0.3, 0.4) is 0 Å². The summed E-state index contributed by atoms with van der Waals surface area (Å²) in [6, 6.07) is 9.34. The SMILES string of the molecule is CCCCCCCCc1cc[c]cc1OCCCCCC. The maximum absolute atomic E-state index is 5.95. The molecule has 1 rings (SSSR count). The van der Waals surface area contributed by atoms with Crippen LogP contribution in [-0.2, 0) is 6.42 Å². The zero-order valence-corrected chi connectivity index (χ0v) is 14.1. The predicted octanol–water partition coefficient (Wildman–Crippen LogP) is 6.35. The van der Waals surface area contributed by atoms with Crippen molar-refractivity contribution in [2.75, 3.05) is 6.61 Å². The minimum absolute atomic E-state index is 0.849. The van der Waals surface area contributed by atoms with E-state index in [0.717, 1.165) is 18.8 Å². The van der Waals surface area contributed by atoms with Crippen molar-refractivity contribution in [2.45, 2.75) is 84.5 Å². The quantitative estimate of drug-likeness (QED) is 0.384. The number of aryl methyl sites for hydroxylation is 1. The lowest BCUT2D eigenvalue weighted by Gasteiger charge is -2.11. The minimum atomic E-state index is 0.849. The van der Waals surface area contributed by atoms with Crippen molar-refractivity contribution in [1.29, 1.82) is 0 Å². The fourth-order valence-electron chi connectivity index (χ4n) is 2.59. The van der Waals surface area contributed by atoms with Crippen molar-refractivity contribution in [3.63, 3.8) is 0 Å². The molecular formula is C20H33O. The van der Waals surface area contributed by atoms with Crippen molar-refractivity contribution in [1.82, 2.24) is 0 Å². The van der Waals surface area contributed by atoms with Gasteiger partial charge in [0.25, 0.3) is 0 Å². The minimum Gasteiger partial charge on any atom is -0.493 e. The molecule has 0 aliphatic carbocycles. The fourth-order valence-corrected chi connectivity index (χ4v) is 2.59. The summed E-state index contributed by atoms with van der Waals surface area (Å²) in [5.74, 6) is 1.06. The highest BCUT2D eigenvalue weighted by Gasteiger charge is 2.03. The van der Waals surface area contributed by atoms with Gasteiger partial charge in [0.2, 0.25) is 0 Å². The predicted molar refractivity (Wildman–Crippen MR) is 92.0 cm³/mol. The van der Waals surface area contributed by atoms with Crippen LogP contribution in [0.15, 0.2) is 18.2 Å². The van der Waals surface area contributed by atoms with Gasteiger partial charge >= 0.3 is 0 Å². The highest BCUT2D eigenvalue weighted by Crippen LogP contribution is 2.21. The highest BCUT2D eigenvalue weighted by molar-refractivity contribution is 5.32. The van der Waals surface area contributed by atoms with E-state index in [0.29, 0.717) is 0 Å². The Bertz CT molecular complexity index is 345. The number of ether oxygens (including phenoxy) is 1. The topological polar surface area (TPSA) is 9.23 Å². The number of unbranched alkanes of at least 4 members (excludes halogenated alkanes) is 8. The molecule has 1 radical (unpaired) electrons. The van der Waals surface area contributed by atoms with E-state index >= 15 is 0 Å². The van der Waals surface area contributed by atoms with Crippen molar-refractivity contribution in [3.05, 3.63) is 29.8 Å². The standard InChI is InChI=1S/C20H33O/c1-3-5-7-9-10-11-15-19-16-12-13-17-20(19)21-18-14-8-6-4-2/h12,16-17H,3-11,14-15,18H2,1-2H3. The first-order valence-corrected chi connectivity index (χ1v) is 9.00. The van der Waals surface area contributed by atoms with E-state index in [-0.39, 0.29) is 0 Å². The Morgan fingerprint density at radius 1 is 0.857 bits per heavy atom. The molecule has 21 heavy (non-hydrogen) atoms. The van der Waals surface area contributed by atoms with Crippen LogP contribution >= 0.6 is 0 Å². The van der Waals surface area contributed by atoms with E-state index < -0.39 is 0 Å². The first kappa shape index (κ1) is 18.1. The van der Waals surface area contributed by atoms with Gasteiger partial charge in [0.05, 0.1) is 6.61 Å². The smallest absolute Gasteiger partial charge is 0.123 e. The summed E-state index contributed by atoms with van der Waals surface area (Å²) in [4.78, 5) is 0. The van der Waals surface area contributed by atoms with Crippen LogP contribution in [0.4, 0.5) is 0 Å². The molecule has 0 saturated heterocycles. The molecule has 0 atom stereocenters. The molecule has 1 aromatic carbocycles. The summed E-state index contributed by atoms with van der Waals surface area (Å²) >= 11 is 0. The number of rotatable bonds is 13. The van der Waals surface area contributed by atoms with E-state index in [4.69, 9.17) is 4.74 Å². The van der Waals surface area contributed by atoms with E-state index in [1.807, 2.05) is 12.1 Å². The van der Waals surface area contributed by atoms with Gasteiger partial charge in [-0.3, -0.25) is 0 Å². The molecule has 1 nitrogen and oxygen atoms in total. The van der Waals surface area contributed by atoms with Crippen LogP contribution in [0.1, 0.15) is 83.6 Å². The largest absolute Gasteiger partial charge is 0.493 e. The summed E-state index contributed by atoms with van der Waals surface area (Å²) in [7, 11) is 0. The first-order valence-electron chi connectivity index (χ1n) is 9.00. The lowest BCUT2D eigenvalue weighted by molar-refractivity contribution is 0.301. The van der Waals surface area contributed by atoms with Crippen molar-refractivity contribution in [2.24, 2.45) is 0 Å². The van der Waals surface area contributed by atoms with Gasteiger partial charge in [-0.25, -0.2) is 0 Å². The van der Waals surface area contributed by atoms with E-state index in [1.165, 1.54) is 69.8 Å². The van der Waals surface area contributed by atoms with Crippen molar-refractivity contribution >= 4 is 0 Å². The fraction of sp³-hybridized carbons (Fsp3) is 0.700. The maximum Gasteiger partial charge on any atom is 0.123 e.